The van der Waals surface area contributed by atoms with Crippen LogP contribution in [-0.4, -0.2) is 23.8 Å². The Morgan fingerprint density at radius 3 is 2.82 bits per heavy atom. The molecule has 0 aromatic carbocycles. The van der Waals surface area contributed by atoms with Crippen molar-refractivity contribution in [1.29, 1.82) is 0 Å². The average Bonchev–Trinajstić information content (AvgIpc) is 2.32. The molecule has 0 radical (unpaired) electrons. The average molecular weight is 158 g/mol. The molecule has 1 rings (SSSR count). The zero-order chi connectivity index (χ0) is 8.48. The number of esters is 1. The molecule has 1 aliphatic heterocycles. The molecule has 0 aliphatic carbocycles. The van der Waals surface area contributed by atoms with Gasteiger partial charge in [-0.05, 0) is 19.8 Å². The van der Waals surface area contributed by atoms with Gasteiger partial charge in [0.05, 0.1) is 18.1 Å². The standard InChI is InChI=1S/C8H14O3/c1-3-6(9)8(2)4-5-11-7(8)10/h6,9H,3-5H2,1-2H3/t6-,8-/m0/s1. The van der Waals surface area contributed by atoms with Crippen molar-refractivity contribution in [2.75, 3.05) is 6.61 Å². The van der Waals surface area contributed by atoms with Crippen LogP contribution in [0.2, 0.25) is 0 Å². The van der Waals surface area contributed by atoms with Gasteiger partial charge in [0.1, 0.15) is 0 Å². The SMILES string of the molecule is CC[C@H](O)[C@]1(C)CCOC1=O. The molecule has 64 valence electrons. The largest absolute Gasteiger partial charge is 0.465 e. The Morgan fingerprint density at radius 2 is 2.45 bits per heavy atom. The van der Waals surface area contributed by atoms with Crippen molar-refractivity contribution < 1.29 is 14.6 Å². The van der Waals surface area contributed by atoms with Crippen molar-refractivity contribution in [2.24, 2.45) is 5.41 Å². The van der Waals surface area contributed by atoms with Crippen LogP contribution in [0.1, 0.15) is 26.7 Å². The number of carbonyl (C=O) groups excluding carboxylic acids is 1. The van der Waals surface area contributed by atoms with E-state index in [4.69, 9.17) is 4.74 Å². The maximum atomic E-state index is 11.1. The summed E-state index contributed by atoms with van der Waals surface area (Å²) < 4.78 is 4.79. The van der Waals surface area contributed by atoms with Crippen LogP contribution in [0.25, 0.3) is 0 Å². The maximum Gasteiger partial charge on any atom is 0.314 e. The van der Waals surface area contributed by atoms with Crippen molar-refractivity contribution >= 4 is 5.97 Å². The number of aliphatic hydroxyl groups excluding tert-OH is 1. The molecule has 1 saturated heterocycles. The first-order valence-corrected chi connectivity index (χ1v) is 3.96. The third-order valence-corrected chi connectivity index (χ3v) is 2.44. The molecule has 3 heteroatoms. The van der Waals surface area contributed by atoms with Crippen molar-refractivity contribution in [3.63, 3.8) is 0 Å². The van der Waals surface area contributed by atoms with Gasteiger partial charge in [0.25, 0.3) is 0 Å². The molecule has 1 aliphatic rings. The van der Waals surface area contributed by atoms with Gasteiger partial charge < -0.3 is 9.84 Å². The number of carbonyl (C=O) groups is 1. The highest BCUT2D eigenvalue weighted by Crippen LogP contribution is 2.34. The summed E-state index contributed by atoms with van der Waals surface area (Å²) >= 11 is 0. The van der Waals surface area contributed by atoms with Crippen molar-refractivity contribution in [2.45, 2.75) is 32.8 Å². The first kappa shape index (κ1) is 8.53. The Labute approximate surface area is 66.4 Å². The van der Waals surface area contributed by atoms with Gasteiger partial charge in [-0.15, -0.1) is 0 Å². The lowest BCUT2D eigenvalue weighted by molar-refractivity contribution is -0.150. The maximum absolute atomic E-state index is 11.1. The molecular formula is C8H14O3. The van der Waals surface area contributed by atoms with Crippen LogP contribution in [0, 0.1) is 5.41 Å². The summed E-state index contributed by atoms with van der Waals surface area (Å²) in [6.45, 7) is 4.07. The van der Waals surface area contributed by atoms with Gasteiger partial charge in [-0.3, -0.25) is 4.79 Å². The zero-order valence-corrected chi connectivity index (χ0v) is 6.96. The summed E-state index contributed by atoms with van der Waals surface area (Å²) in [6.07, 6.45) is 0.685. The molecule has 1 fully saturated rings. The first-order valence-electron chi connectivity index (χ1n) is 3.96. The molecule has 0 aromatic heterocycles. The highest BCUT2D eigenvalue weighted by Gasteiger charge is 2.45. The molecule has 0 unspecified atom stereocenters. The van der Waals surface area contributed by atoms with Gasteiger partial charge in [0.15, 0.2) is 0 Å². The Kier molecular flexibility index (Phi) is 2.18. The molecule has 1 heterocycles. The summed E-state index contributed by atoms with van der Waals surface area (Å²) in [7, 11) is 0. The lowest BCUT2D eigenvalue weighted by Crippen LogP contribution is -2.35. The van der Waals surface area contributed by atoms with Crippen LogP contribution in [0.15, 0.2) is 0 Å². The van der Waals surface area contributed by atoms with Crippen molar-refractivity contribution in [3.8, 4) is 0 Å². The fourth-order valence-corrected chi connectivity index (χ4v) is 1.38. The number of cyclic esters (lactones) is 1. The predicted molar refractivity (Wildman–Crippen MR) is 40.0 cm³/mol. The highest BCUT2D eigenvalue weighted by molar-refractivity contribution is 5.78. The lowest BCUT2D eigenvalue weighted by atomic mass is 9.82. The van der Waals surface area contributed by atoms with Crippen LogP contribution in [0.4, 0.5) is 0 Å². The quantitative estimate of drug-likeness (QED) is 0.602. The van der Waals surface area contributed by atoms with E-state index in [-0.39, 0.29) is 5.97 Å². The minimum Gasteiger partial charge on any atom is -0.465 e. The number of aliphatic hydroxyl groups is 1. The molecule has 2 atom stereocenters. The fraction of sp³-hybridized carbons (Fsp3) is 0.875. The molecule has 1 N–H and O–H groups in total. The van der Waals surface area contributed by atoms with E-state index in [1.807, 2.05) is 6.92 Å². The summed E-state index contributed by atoms with van der Waals surface area (Å²) in [5.41, 5.74) is -0.644. The Balaban J connectivity index is 2.72. The molecule has 3 nitrogen and oxygen atoms in total. The summed E-state index contributed by atoms with van der Waals surface area (Å²) in [6, 6.07) is 0. The van der Waals surface area contributed by atoms with E-state index in [0.29, 0.717) is 19.4 Å². The molecule has 0 bridgehead atoms. The highest BCUT2D eigenvalue weighted by atomic mass is 16.5. The van der Waals surface area contributed by atoms with Gasteiger partial charge in [0.2, 0.25) is 0 Å². The summed E-state index contributed by atoms with van der Waals surface area (Å²) in [5.74, 6) is -0.258. The topological polar surface area (TPSA) is 46.5 Å². The normalized spacial score (nSPS) is 33.5. The van der Waals surface area contributed by atoms with Gasteiger partial charge in [0, 0.05) is 0 Å². The van der Waals surface area contributed by atoms with Gasteiger partial charge in [-0.1, -0.05) is 6.92 Å². The number of hydrogen-bond acceptors (Lipinski definition) is 3. The molecular weight excluding hydrogens is 144 g/mol. The smallest absolute Gasteiger partial charge is 0.314 e. The summed E-state index contributed by atoms with van der Waals surface area (Å²) in [4.78, 5) is 11.1. The monoisotopic (exact) mass is 158 g/mol. The zero-order valence-electron chi connectivity index (χ0n) is 6.96. The van der Waals surface area contributed by atoms with E-state index in [9.17, 15) is 9.90 Å². The van der Waals surface area contributed by atoms with E-state index >= 15 is 0 Å². The van der Waals surface area contributed by atoms with E-state index in [0.717, 1.165) is 0 Å². The summed E-state index contributed by atoms with van der Waals surface area (Å²) in [5, 5.41) is 9.49. The van der Waals surface area contributed by atoms with Crippen LogP contribution < -0.4 is 0 Å². The second-order valence-electron chi connectivity index (χ2n) is 3.23. The van der Waals surface area contributed by atoms with Crippen LogP contribution in [0.3, 0.4) is 0 Å². The van der Waals surface area contributed by atoms with E-state index in [1.165, 1.54) is 0 Å². The molecule has 0 spiro atoms. The molecule has 0 amide bonds. The lowest BCUT2D eigenvalue weighted by Gasteiger charge is -2.24. The Hall–Kier alpha value is -0.570. The molecule has 11 heavy (non-hydrogen) atoms. The van der Waals surface area contributed by atoms with Crippen molar-refractivity contribution in [3.05, 3.63) is 0 Å². The Bertz CT molecular complexity index is 167. The molecule has 0 aromatic rings. The van der Waals surface area contributed by atoms with Gasteiger partial charge in [-0.25, -0.2) is 0 Å². The number of hydrogen-bond donors (Lipinski definition) is 1. The predicted octanol–water partition coefficient (Wildman–Crippen LogP) is 0.710. The van der Waals surface area contributed by atoms with Gasteiger partial charge in [-0.2, -0.15) is 0 Å². The third-order valence-electron chi connectivity index (χ3n) is 2.44. The number of ether oxygens (including phenoxy) is 1. The Morgan fingerprint density at radius 1 is 1.82 bits per heavy atom. The van der Waals surface area contributed by atoms with E-state index in [1.54, 1.807) is 6.92 Å². The van der Waals surface area contributed by atoms with E-state index < -0.39 is 11.5 Å². The third kappa shape index (κ3) is 1.25. The number of rotatable bonds is 2. The van der Waals surface area contributed by atoms with Crippen LogP contribution >= 0.6 is 0 Å². The second kappa shape index (κ2) is 2.81. The fourth-order valence-electron chi connectivity index (χ4n) is 1.38. The van der Waals surface area contributed by atoms with E-state index in [2.05, 4.69) is 0 Å². The first-order chi connectivity index (χ1) is 5.11. The minimum absolute atomic E-state index is 0.258. The molecule has 0 saturated carbocycles. The van der Waals surface area contributed by atoms with Crippen LogP contribution in [0.5, 0.6) is 0 Å². The minimum atomic E-state index is -0.644. The van der Waals surface area contributed by atoms with Crippen molar-refractivity contribution in [1.82, 2.24) is 0 Å². The van der Waals surface area contributed by atoms with Crippen LogP contribution in [-0.2, 0) is 9.53 Å². The second-order valence-corrected chi connectivity index (χ2v) is 3.23. The van der Waals surface area contributed by atoms with Gasteiger partial charge >= 0.3 is 5.97 Å².